The molecule has 2 atom stereocenters. The Morgan fingerprint density at radius 1 is 1.23 bits per heavy atom. The van der Waals surface area contributed by atoms with Gasteiger partial charge in [0.1, 0.15) is 5.82 Å². The number of hydrogen-bond acceptors (Lipinski definition) is 3. The molecule has 0 radical (unpaired) electrons. The Labute approximate surface area is 133 Å². The second-order valence-corrected chi connectivity index (χ2v) is 6.28. The van der Waals surface area contributed by atoms with E-state index >= 15 is 0 Å². The molecule has 0 spiro atoms. The lowest BCUT2D eigenvalue weighted by atomic mass is 10.1. The number of aliphatic hydroxyl groups is 1. The molecule has 0 fully saturated rings. The topological polar surface area (TPSA) is 49.3 Å². The van der Waals surface area contributed by atoms with Crippen molar-refractivity contribution in [2.45, 2.75) is 18.3 Å². The first kappa shape index (κ1) is 16.5. The maximum absolute atomic E-state index is 13.1. The van der Waals surface area contributed by atoms with Gasteiger partial charge < -0.3 is 10.4 Å². The van der Waals surface area contributed by atoms with E-state index in [1.54, 1.807) is 19.1 Å². The monoisotopic (exact) mass is 319 g/mol. The minimum absolute atomic E-state index is 0.212. The van der Waals surface area contributed by atoms with E-state index in [0.717, 1.165) is 5.56 Å². The lowest BCUT2D eigenvalue weighted by molar-refractivity contribution is -0.115. The molecule has 0 aromatic heterocycles. The summed E-state index contributed by atoms with van der Waals surface area (Å²) in [7, 11) is 0. The number of amides is 1. The van der Waals surface area contributed by atoms with Crippen LogP contribution in [0.2, 0.25) is 0 Å². The number of halogens is 1. The summed E-state index contributed by atoms with van der Waals surface area (Å²) in [6.07, 6.45) is -0.615. The minimum Gasteiger partial charge on any atom is -0.388 e. The summed E-state index contributed by atoms with van der Waals surface area (Å²) >= 11 is 1.36. The van der Waals surface area contributed by atoms with Crippen LogP contribution in [-0.4, -0.2) is 22.0 Å². The molecule has 0 aliphatic heterocycles. The normalized spacial score (nSPS) is 13.4. The highest BCUT2D eigenvalue weighted by molar-refractivity contribution is 8.00. The van der Waals surface area contributed by atoms with Gasteiger partial charge in [0, 0.05) is 11.4 Å². The molecule has 0 aliphatic rings. The summed E-state index contributed by atoms with van der Waals surface area (Å²) in [5.41, 5.74) is 1.26. The molecule has 2 N–H and O–H groups in total. The number of benzene rings is 2. The van der Waals surface area contributed by atoms with Gasteiger partial charge in [0.25, 0.3) is 0 Å². The number of carbonyl (C=O) groups is 1. The van der Waals surface area contributed by atoms with Crippen molar-refractivity contribution in [1.82, 2.24) is 0 Å². The van der Waals surface area contributed by atoms with Crippen molar-refractivity contribution in [2.75, 3.05) is 11.1 Å². The van der Waals surface area contributed by atoms with Gasteiger partial charge in [-0.25, -0.2) is 4.39 Å². The van der Waals surface area contributed by atoms with E-state index in [-0.39, 0.29) is 11.2 Å². The van der Waals surface area contributed by atoms with Crippen LogP contribution in [0, 0.1) is 5.82 Å². The standard InChI is InChI=1S/C17H18FNO2S/c1-12(17(21)19-15-9-5-8-14(18)10-15)22-11-16(20)13-6-3-2-4-7-13/h2-10,12,16,20H,11H2,1H3,(H,19,21)/t12-,16-/m0/s1. The van der Waals surface area contributed by atoms with Gasteiger partial charge in [-0.1, -0.05) is 36.4 Å². The summed E-state index contributed by atoms with van der Waals surface area (Å²) in [5, 5.41) is 12.4. The predicted molar refractivity (Wildman–Crippen MR) is 88.4 cm³/mol. The SMILES string of the molecule is C[C@H](SC[C@H](O)c1ccccc1)C(=O)Nc1cccc(F)c1. The quantitative estimate of drug-likeness (QED) is 0.855. The third kappa shape index (κ3) is 4.86. The summed E-state index contributed by atoms with van der Waals surface area (Å²) in [5.74, 6) is -0.185. The van der Waals surface area contributed by atoms with Gasteiger partial charge in [-0.05, 0) is 30.7 Å². The van der Waals surface area contributed by atoms with Crippen molar-refractivity contribution in [3.8, 4) is 0 Å². The molecule has 0 heterocycles. The number of rotatable bonds is 6. The van der Waals surface area contributed by atoms with Gasteiger partial charge in [-0.3, -0.25) is 4.79 Å². The van der Waals surface area contributed by atoms with Crippen LogP contribution in [-0.2, 0) is 4.79 Å². The van der Waals surface area contributed by atoms with Crippen LogP contribution in [0.15, 0.2) is 54.6 Å². The van der Waals surface area contributed by atoms with Crippen molar-refractivity contribution in [3.05, 3.63) is 66.0 Å². The average Bonchev–Trinajstić information content (AvgIpc) is 2.53. The number of aliphatic hydroxyl groups excluding tert-OH is 1. The molecule has 116 valence electrons. The maximum atomic E-state index is 13.1. The Morgan fingerprint density at radius 2 is 1.95 bits per heavy atom. The van der Waals surface area contributed by atoms with Crippen molar-refractivity contribution >= 4 is 23.4 Å². The first-order chi connectivity index (χ1) is 10.6. The van der Waals surface area contributed by atoms with Crippen molar-refractivity contribution in [3.63, 3.8) is 0 Å². The van der Waals surface area contributed by atoms with E-state index in [9.17, 15) is 14.3 Å². The van der Waals surface area contributed by atoms with Crippen LogP contribution < -0.4 is 5.32 Å². The molecular formula is C17H18FNO2S. The van der Waals surface area contributed by atoms with Crippen LogP contribution in [0.25, 0.3) is 0 Å². The molecular weight excluding hydrogens is 301 g/mol. The highest BCUT2D eigenvalue weighted by Crippen LogP contribution is 2.22. The predicted octanol–water partition coefficient (Wildman–Crippen LogP) is 3.62. The van der Waals surface area contributed by atoms with Crippen molar-refractivity contribution in [2.24, 2.45) is 0 Å². The minimum atomic E-state index is -0.615. The third-order valence-electron chi connectivity index (χ3n) is 3.15. The van der Waals surface area contributed by atoms with Crippen LogP contribution in [0.4, 0.5) is 10.1 Å². The molecule has 0 bridgehead atoms. The van der Waals surface area contributed by atoms with Gasteiger partial charge in [-0.2, -0.15) is 0 Å². The largest absolute Gasteiger partial charge is 0.388 e. The highest BCUT2D eigenvalue weighted by atomic mass is 32.2. The van der Waals surface area contributed by atoms with Crippen LogP contribution in [0.1, 0.15) is 18.6 Å². The van der Waals surface area contributed by atoms with Gasteiger partial charge in [-0.15, -0.1) is 11.8 Å². The van der Waals surface area contributed by atoms with Gasteiger partial charge in [0.15, 0.2) is 0 Å². The fourth-order valence-electron chi connectivity index (χ4n) is 1.89. The number of thioether (sulfide) groups is 1. The number of nitrogens with one attached hydrogen (secondary N) is 1. The lowest BCUT2D eigenvalue weighted by Crippen LogP contribution is -2.23. The molecule has 0 aliphatic carbocycles. The molecule has 1 amide bonds. The van der Waals surface area contributed by atoms with Crippen LogP contribution in [0.3, 0.4) is 0 Å². The van der Waals surface area contributed by atoms with E-state index in [4.69, 9.17) is 0 Å². The van der Waals surface area contributed by atoms with Crippen LogP contribution in [0.5, 0.6) is 0 Å². The summed E-state index contributed by atoms with van der Waals surface area (Å²) in [6.45, 7) is 1.76. The third-order valence-corrected chi connectivity index (χ3v) is 4.37. The highest BCUT2D eigenvalue weighted by Gasteiger charge is 2.16. The second kappa shape index (κ2) is 7.96. The molecule has 0 saturated carbocycles. The fourth-order valence-corrected chi connectivity index (χ4v) is 2.77. The molecule has 0 unspecified atom stereocenters. The molecule has 5 heteroatoms. The van der Waals surface area contributed by atoms with E-state index in [1.807, 2.05) is 30.3 Å². The zero-order valence-corrected chi connectivity index (χ0v) is 13.0. The summed E-state index contributed by atoms with van der Waals surface area (Å²) in [6, 6.07) is 15.1. The van der Waals surface area contributed by atoms with Gasteiger partial charge >= 0.3 is 0 Å². The Balaban J connectivity index is 1.84. The number of anilines is 1. The fraction of sp³-hybridized carbons (Fsp3) is 0.235. The molecule has 3 nitrogen and oxygen atoms in total. The molecule has 2 aromatic rings. The van der Waals surface area contributed by atoms with E-state index < -0.39 is 11.9 Å². The van der Waals surface area contributed by atoms with E-state index in [0.29, 0.717) is 11.4 Å². The maximum Gasteiger partial charge on any atom is 0.237 e. The summed E-state index contributed by atoms with van der Waals surface area (Å²) in [4.78, 5) is 12.0. The molecule has 22 heavy (non-hydrogen) atoms. The number of carbonyl (C=O) groups excluding carboxylic acids is 1. The Hall–Kier alpha value is -1.85. The Morgan fingerprint density at radius 3 is 2.64 bits per heavy atom. The first-order valence-electron chi connectivity index (χ1n) is 6.97. The van der Waals surface area contributed by atoms with Gasteiger partial charge in [0.05, 0.1) is 11.4 Å². The van der Waals surface area contributed by atoms with E-state index in [1.165, 1.54) is 23.9 Å². The average molecular weight is 319 g/mol. The first-order valence-corrected chi connectivity index (χ1v) is 8.02. The van der Waals surface area contributed by atoms with Gasteiger partial charge in [0.2, 0.25) is 5.91 Å². The van der Waals surface area contributed by atoms with Crippen molar-refractivity contribution in [1.29, 1.82) is 0 Å². The van der Waals surface area contributed by atoms with E-state index in [2.05, 4.69) is 5.32 Å². The molecule has 2 aromatic carbocycles. The zero-order valence-electron chi connectivity index (χ0n) is 12.2. The lowest BCUT2D eigenvalue weighted by Gasteiger charge is -2.15. The second-order valence-electron chi connectivity index (χ2n) is 4.90. The smallest absolute Gasteiger partial charge is 0.237 e. The number of hydrogen-bond donors (Lipinski definition) is 2. The summed E-state index contributed by atoms with van der Waals surface area (Å²) < 4.78 is 13.1. The molecule has 2 rings (SSSR count). The molecule has 0 saturated heterocycles. The Kier molecular flexibility index (Phi) is 5.98. The Bertz CT molecular complexity index is 621. The van der Waals surface area contributed by atoms with Crippen molar-refractivity contribution < 1.29 is 14.3 Å². The zero-order chi connectivity index (χ0) is 15.9. The van der Waals surface area contributed by atoms with Crippen LogP contribution >= 0.6 is 11.8 Å².